The summed E-state index contributed by atoms with van der Waals surface area (Å²) in [7, 11) is 2.85. The molecule has 0 unspecified atom stereocenters. The fraction of sp³-hybridized carbons (Fsp3) is 0.412. The molecule has 2 rings (SSSR count). The highest BCUT2D eigenvalue weighted by atomic mass is 16.5. The highest BCUT2D eigenvalue weighted by Crippen LogP contribution is 2.34. The number of rotatable bonds is 6. The van der Waals surface area contributed by atoms with Crippen LogP contribution in [0.2, 0.25) is 0 Å². The number of hydrogen-bond acceptors (Lipinski definition) is 5. The lowest BCUT2D eigenvalue weighted by molar-refractivity contribution is -0.136. The van der Waals surface area contributed by atoms with Gasteiger partial charge in [0.2, 0.25) is 0 Å². The number of hydrogen-bond donors (Lipinski definition) is 2. The topological polar surface area (TPSA) is 85.9 Å². The van der Waals surface area contributed by atoms with E-state index in [1.807, 2.05) is 6.92 Å². The van der Waals surface area contributed by atoms with Crippen LogP contribution in [0.5, 0.6) is 11.5 Å². The maximum Gasteiger partial charge on any atom is 0.337 e. The van der Waals surface area contributed by atoms with E-state index in [2.05, 4.69) is 10.6 Å². The minimum Gasteiger partial charge on any atom is -0.493 e. The highest BCUT2D eigenvalue weighted by molar-refractivity contribution is 5.94. The first-order valence-corrected chi connectivity index (χ1v) is 7.69. The van der Waals surface area contributed by atoms with Gasteiger partial charge in [-0.3, -0.25) is 0 Å². The first-order chi connectivity index (χ1) is 11.5. The van der Waals surface area contributed by atoms with Crippen LogP contribution in [-0.2, 0) is 9.53 Å². The average molecular weight is 334 g/mol. The Morgan fingerprint density at radius 1 is 1.25 bits per heavy atom. The van der Waals surface area contributed by atoms with E-state index in [-0.39, 0.29) is 6.03 Å². The van der Waals surface area contributed by atoms with Gasteiger partial charge in [-0.1, -0.05) is 13.0 Å². The van der Waals surface area contributed by atoms with Crippen LogP contribution in [0, 0.1) is 0 Å². The molecule has 0 radical (unpaired) electrons. The Morgan fingerprint density at radius 2 is 2.00 bits per heavy atom. The Morgan fingerprint density at radius 3 is 2.62 bits per heavy atom. The van der Waals surface area contributed by atoms with E-state index in [9.17, 15) is 9.59 Å². The first kappa shape index (κ1) is 17.7. The lowest BCUT2D eigenvalue weighted by Crippen LogP contribution is -2.45. The lowest BCUT2D eigenvalue weighted by Gasteiger charge is -2.28. The third kappa shape index (κ3) is 3.61. The molecule has 7 nitrogen and oxygen atoms in total. The molecule has 7 heteroatoms. The zero-order chi connectivity index (χ0) is 17.7. The molecule has 0 saturated heterocycles. The number of carbonyl (C=O) groups is 2. The van der Waals surface area contributed by atoms with E-state index in [4.69, 9.17) is 14.2 Å². The monoisotopic (exact) mass is 334 g/mol. The molecule has 1 heterocycles. The van der Waals surface area contributed by atoms with E-state index >= 15 is 0 Å². The second kappa shape index (κ2) is 7.72. The molecule has 0 aliphatic carbocycles. The summed E-state index contributed by atoms with van der Waals surface area (Å²) in [4.78, 5) is 23.9. The maximum atomic E-state index is 12.1. The van der Waals surface area contributed by atoms with Gasteiger partial charge in [0, 0.05) is 5.70 Å². The summed E-state index contributed by atoms with van der Waals surface area (Å²) < 4.78 is 15.8. The number of methoxy groups -OCH3 is 2. The second-order valence-corrected chi connectivity index (χ2v) is 5.32. The molecule has 0 spiro atoms. The summed E-state index contributed by atoms with van der Waals surface area (Å²) in [5.41, 5.74) is 1.51. The molecular weight excluding hydrogens is 312 g/mol. The van der Waals surface area contributed by atoms with E-state index in [0.29, 0.717) is 34.9 Å². The van der Waals surface area contributed by atoms with Crippen LogP contribution < -0.4 is 20.1 Å². The molecule has 2 amide bonds. The van der Waals surface area contributed by atoms with Crippen molar-refractivity contribution < 1.29 is 23.8 Å². The summed E-state index contributed by atoms with van der Waals surface area (Å²) in [6.07, 6.45) is 0.879. The maximum absolute atomic E-state index is 12.1. The van der Waals surface area contributed by atoms with Crippen molar-refractivity contribution in [2.24, 2.45) is 0 Å². The lowest BCUT2D eigenvalue weighted by atomic mass is 9.95. The summed E-state index contributed by atoms with van der Waals surface area (Å²) in [5, 5.41) is 5.32. The molecule has 1 aromatic carbocycles. The molecule has 1 aliphatic heterocycles. The van der Waals surface area contributed by atoms with Crippen molar-refractivity contribution in [2.75, 3.05) is 20.8 Å². The van der Waals surface area contributed by atoms with Crippen molar-refractivity contribution >= 4 is 12.0 Å². The van der Waals surface area contributed by atoms with Crippen LogP contribution in [0.3, 0.4) is 0 Å². The number of amides is 2. The summed E-state index contributed by atoms with van der Waals surface area (Å²) in [6, 6.07) is 4.30. The molecule has 0 bridgehead atoms. The smallest absolute Gasteiger partial charge is 0.337 e. The summed E-state index contributed by atoms with van der Waals surface area (Å²) in [5.74, 6) is 0.648. The molecule has 0 aromatic heterocycles. The van der Waals surface area contributed by atoms with E-state index in [0.717, 1.165) is 6.42 Å². The van der Waals surface area contributed by atoms with Crippen LogP contribution in [0.15, 0.2) is 29.5 Å². The van der Waals surface area contributed by atoms with Crippen LogP contribution in [0.4, 0.5) is 4.79 Å². The average Bonchev–Trinajstić information content (AvgIpc) is 2.58. The molecule has 0 saturated carbocycles. The van der Waals surface area contributed by atoms with Gasteiger partial charge in [-0.15, -0.1) is 0 Å². The minimum atomic E-state index is -0.625. The fourth-order valence-corrected chi connectivity index (χ4v) is 2.52. The van der Waals surface area contributed by atoms with Gasteiger partial charge in [0.25, 0.3) is 0 Å². The van der Waals surface area contributed by atoms with Gasteiger partial charge in [-0.25, -0.2) is 9.59 Å². The van der Waals surface area contributed by atoms with Gasteiger partial charge >= 0.3 is 12.0 Å². The largest absolute Gasteiger partial charge is 0.493 e. The quantitative estimate of drug-likeness (QED) is 0.780. The van der Waals surface area contributed by atoms with Crippen LogP contribution in [0.25, 0.3) is 0 Å². The molecule has 1 aromatic rings. The van der Waals surface area contributed by atoms with Gasteiger partial charge in [0.15, 0.2) is 11.5 Å². The number of allylic oxidation sites excluding steroid dienone is 1. The van der Waals surface area contributed by atoms with Crippen molar-refractivity contribution in [2.45, 2.75) is 26.3 Å². The molecule has 24 heavy (non-hydrogen) atoms. The zero-order valence-electron chi connectivity index (χ0n) is 14.3. The molecule has 130 valence electrons. The molecule has 2 N–H and O–H groups in total. The zero-order valence-corrected chi connectivity index (χ0v) is 14.3. The second-order valence-electron chi connectivity index (χ2n) is 5.32. The van der Waals surface area contributed by atoms with Gasteiger partial charge in [0.1, 0.15) is 0 Å². The third-order valence-corrected chi connectivity index (χ3v) is 3.66. The standard InChI is InChI=1S/C17H22N2O5/c1-5-8-24-12-7-6-11(9-13(12)22-3)15-14(16(20)23-4)10(2)18-17(21)19-15/h6-7,9,15H,5,8H2,1-4H3,(H2,18,19,21)/t15-/m1/s1. The predicted molar refractivity (Wildman–Crippen MR) is 87.9 cm³/mol. The van der Waals surface area contributed by atoms with Crippen LogP contribution >= 0.6 is 0 Å². The SMILES string of the molecule is CCCOc1ccc([C@H]2NC(=O)NC(C)=C2C(=O)OC)cc1OC. The Hall–Kier alpha value is -2.70. The van der Waals surface area contributed by atoms with Crippen LogP contribution in [0.1, 0.15) is 31.9 Å². The molecular formula is C17H22N2O5. The minimum absolute atomic E-state index is 0.348. The predicted octanol–water partition coefficient (Wildman–Crippen LogP) is 2.28. The van der Waals surface area contributed by atoms with Crippen LogP contribution in [-0.4, -0.2) is 32.8 Å². The van der Waals surface area contributed by atoms with E-state index in [1.165, 1.54) is 7.11 Å². The number of benzene rings is 1. The van der Waals surface area contributed by atoms with Gasteiger partial charge < -0.3 is 24.8 Å². The Kier molecular flexibility index (Phi) is 5.68. The van der Waals surface area contributed by atoms with Crippen molar-refractivity contribution in [1.29, 1.82) is 0 Å². The normalized spacial score (nSPS) is 17.0. The van der Waals surface area contributed by atoms with Crippen molar-refractivity contribution in [3.63, 3.8) is 0 Å². The number of ether oxygens (including phenoxy) is 3. The fourth-order valence-electron chi connectivity index (χ4n) is 2.52. The Balaban J connectivity index is 2.42. The van der Waals surface area contributed by atoms with Gasteiger partial charge in [0.05, 0.1) is 32.4 Å². The van der Waals surface area contributed by atoms with Crippen molar-refractivity contribution in [1.82, 2.24) is 10.6 Å². The number of urea groups is 1. The molecule has 0 fully saturated rings. The van der Waals surface area contributed by atoms with Gasteiger partial charge in [-0.2, -0.15) is 0 Å². The Bertz CT molecular complexity index is 669. The summed E-state index contributed by atoms with van der Waals surface area (Å²) >= 11 is 0. The first-order valence-electron chi connectivity index (χ1n) is 7.69. The Labute approximate surface area is 141 Å². The molecule has 1 atom stereocenters. The number of esters is 1. The highest BCUT2D eigenvalue weighted by Gasteiger charge is 2.32. The van der Waals surface area contributed by atoms with E-state index < -0.39 is 12.0 Å². The number of nitrogens with one attached hydrogen (secondary N) is 2. The van der Waals surface area contributed by atoms with Gasteiger partial charge in [-0.05, 0) is 31.0 Å². The van der Waals surface area contributed by atoms with Crippen molar-refractivity contribution in [3.8, 4) is 11.5 Å². The summed E-state index contributed by atoms with van der Waals surface area (Å²) in [6.45, 7) is 4.25. The van der Waals surface area contributed by atoms with Crippen molar-refractivity contribution in [3.05, 3.63) is 35.0 Å². The molecule has 1 aliphatic rings. The van der Waals surface area contributed by atoms with E-state index in [1.54, 1.807) is 32.2 Å². The number of carbonyl (C=O) groups excluding carboxylic acids is 2. The third-order valence-electron chi connectivity index (χ3n) is 3.66.